The number of rotatable bonds is 5. The van der Waals surface area contributed by atoms with E-state index in [0.29, 0.717) is 31.1 Å². The second-order valence-electron chi connectivity index (χ2n) is 4.08. The van der Waals surface area contributed by atoms with Crippen molar-refractivity contribution in [3.63, 3.8) is 0 Å². The van der Waals surface area contributed by atoms with Crippen molar-refractivity contribution in [1.82, 2.24) is 9.97 Å². The highest BCUT2D eigenvalue weighted by Crippen LogP contribution is 2.20. The molecule has 19 heavy (non-hydrogen) atoms. The maximum Gasteiger partial charge on any atom is 0.251 e. The van der Waals surface area contributed by atoms with Gasteiger partial charge in [0.15, 0.2) is 0 Å². The fourth-order valence-electron chi connectivity index (χ4n) is 1.82. The number of benzene rings is 1. The minimum Gasteiger partial charge on any atom is -0.494 e. The van der Waals surface area contributed by atoms with Crippen molar-refractivity contribution in [2.24, 2.45) is 5.73 Å². The fourth-order valence-corrected chi connectivity index (χ4v) is 1.82. The lowest BCUT2D eigenvalue weighted by Crippen LogP contribution is -2.13. The van der Waals surface area contributed by atoms with Crippen molar-refractivity contribution < 1.29 is 4.74 Å². The summed E-state index contributed by atoms with van der Waals surface area (Å²) in [5.74, 6) is 1.30. The zero-order valence-electron chi connectivity index (χ0n) is 10.8. The average molecular weight is 259 g/mol. The molecule has 2 aromatic rings. The first kappa shape index (κ1) is 13.3. The molecule has 0 atom stereocenters. The van der Waals surface area contributed by atoms with Crippen LogP contribution in [0.4, 0.5) is 0 Å². The summed E-state index contributed by atoms with van der Waals surface area (Å²) in [5.41, 5.74) is 6.84. The molecule has 0 aliphatic heterocycles. The smallest absolute Gasteiger partial charge is 0.251 e. The van der Waals surface area contributed by atoms with Gasteiger partial charge in [0.1, 0.15) is 11.6 Å². The summed E-state index contributed by atoms with van der Waals surface area (Å²) in [6.07, 6.45) is 0.585. The molecular weight excluding hydrogens is 242 g/mol. The lowest BCUT2D eigenvalue weighted by atomic mass is 10.2. The Morgan fingerprint density at radius 3 is 2.95 bits per heavy atom. The number of ether oxygens (including phenoxy) is 1. The van der Waals surface area contributed by atoms with Gasteiger partial charge in [-0.1, -0.05) is 12.1 Å². The van der Waals surface area contributed by atoms with Crippen LogP contribution in [0.15, 0.2) is 35.1 Å². The Hall–Kier alpha value is -2.14. The number of hydrogen-bond acceptors (Lipinski definition) is 4. The summed E-state index contributed by atoms with van der Waals surface area (Å²) in [4.78, 5) is 18.7. The van der Waals surface area contributed by atoms with Crippen molar-refractivity contribution in [3.05, 3.63) is 46.4 Å². The highest BCUT2D eigenvalue weighted by atomic mass is 16.5. The van der Waals surface area contributed by atoms with E-state index >= 15 is 0 Å². The SMILES string of the molecule is CCOc1cccc(-c2nc(CCN)cc(=O)[nH]2)c1. The fraction of sp³-hybridized carbons (Fsp3) is 0.286. The van der Waals surface area contributed by atoms with E-state index in [2.05, 4.69) is 9.97 Å². The van der Waals surface area contributed by atoms with Gasteiger partial charge in [-0.15, -0.1) is 0 Å². The van der Waals surface area contributed by atoms with Crippen molar-refractivity contribution >= 4 is 0 Å². The third kappa shape index (κ3) is 3.42. The van der Waals surface area contributed by atoms with Gasteiger partial charge in [-0.25, -0.2) is 4.98 Å². The van der Waals surface area contributed by atoms with Gasteiger partial charge in [0, 0.05) is 23.7 Å². The Bertz CT molecular complexity index is 608. The molecule has 5 nitrogen and oxygen atoms in total. The number of aromatic nitrogens is 2. The summed E-state index contributed by atoms with van der Waals surface area (Å²) < 4.78 is 5.44. The van der Waals surface area contributed by atoms with Gasteiger partial charge in [-0.05, 0) is 25.6 Å². The number of aromatic amines is 1. The number of H-pyrrole nitrogens is 1. The van der Waals surface area contributed by atoms with Crippen molar-refractivity contribution in [2.45, 2.75) is 13.3 Å². The molecule has 1 heterocycles. The minimum absolute atomic E-state index is 0.171. The number of hydrogen-bond donors (Lipinski definition) is 2. The largest absolute Gasteiger partial charge is 0.494 e. The average Bonchev–Trinajstić information content (AvgIpc) is 2.39. The number of nitrogens with zero attached hydrogens (tertiary/aromatic N) is 1. The van der Waals surface area contributed by atoms with Crippen LogP contribution in [0, 0.1) is 0 Å². The zero-order valence-corrected chi connectivity index (χ0v) is 10.8. The topological polar surface area (TPSA) is 81.0 Å². The summed E-state index contributed by atoms with van der Waals surface area (Å²) in [6.45, 7) is 2.99. The summed E-state index contributed by atoms with van der Waals surface area (Å²) in [6, 6.07) is 8.95. The molecule has 3 N–H and O–H groups in total. The van der Waals surface area contributed by atoms with Gasteiger partial charge >= 0.3 is 0 Å². The molecule has 0 spiro atoms. The van der Waals surface area contributed by atoms with Crippen LogP contribution in [0.5, 0.6) is 5.75 Å². The van der Waals surface area contributed by atoms with Gasteiger partial charge in [0.25, 0.3) is 5.56 Å². The van der Waals surface area contributed by atoms with E-state index in [9.17, 15) is 4.79 Å². The first-order valence-electron chi connectivity index (χ1n) is 6.26. The second kappa shape index (κ2) is 6.15. The summed E-state index contributed by atoms with van der Waals surface area (Å²) in [5, 5.41) is 0. The highest BCUT2D eigenvalue weighted by Gasteiger charge is 2.05. The predicted molar refractivity (Wildman–Crippen MR) is 74.2 cm³/mol. The normalized spacial score (nSPS) is 10.4. The Labute approximate surface area is 111 Å². The lowest BCUT2D eigenvalue weighted by Gasteiger charge is -2.06. The molecular formula is C14H17N3O2. The van der Waals surface area contributed by atoms with Crippen LogP contribution in [-0.4, -0.2) is 23.1 Å². The molecule has 0 fully saturated rings. The van der Waals surface area contributed by atoms with E-state index in [4.69, 9.17) is 10.5 Å². The maximum absolute atomic E-state index is 11.6. The van der Waals surface area contributed by atoms with E-state index in [1.165, 1.54) is 6.07 Å². The highest BCUT2D eigenvalue weighted by molar-refractivity contribution is 5.57. The Kier molecular flexibility index (Phi) is 4.30. The van der Waals surface area contributed by atoms with Crippen LogP contribution in [0.25, 0.3) is 11.4 Å². The van der Waals surface area contributed by atoms with Crippen LogP contribution in [0.1, 0.15) is 12.6 Å². The van der Waals surface area contributed by atoms with E-state index in [1.807, 2.05) is 31.2 Å². The molecule has 1 aromatic carbocycles. The van der Waals surface area contributed by atoms with E-state index in [-0.39, 0.29) is 5.56 Å². The first-order valence-corrected chi connectivity index (χ1v) is 6.26. The van der Waals surface area contributed by atoms with Crippen LogP contribution in [0.2, 0.25) is 0 Å². The van der Waals surface area contributed by atoms with Gasteiger partial charge in [0.2, 0.25) is 0 Å². The van der Waals surface area contributed by atoms with Crippen LogP contribution in [0.3, 0.4) is 0 Å². The summed E-state index contributed by atoms with van der Waals surface area (Å²) >= 11 is 0. The third-order valence-electron chi connectivity index (χ3n) is 2.61. The monoisotopic (exact) mass is 259 g/mol. The molecule has 2 rings (SSSR count). The maximum atomic E-state index is 11.6. The molecule has 5 heteroatoms. The number of nitrogens with one attached hydrogen (secondary N) is 1. The van der Waals surface area contributed by atoms with Crippen molar-refractivity contribution in [2.75, 3.05) is 13.2 Å². The van der Waals surface area contributed by atoms with Crippen molar-refractivity contribution in [1.29, 1.82) is 0 Å². The van der Waals surface area contributed by atoms with Gasteiger partial charge in [-0.2, -0.15) is 0 Å². The standard InChI is InChI=1S/C14H17N3O2/c1-2-19-12-5-3-4-10(8-12)14-16-11(6-7-15)9-13(18)17-14/h3-5,8-9H,2,6-7,15H2,1H3,(H,16,17,18). The molecule has 0 aliphatic rings. The quantitative estimate of drug-likeness (QED) is 0.849. The van der Waals surface area contributed by atoms with Crippen LogP contribution >= 0.6 is 0 Å². The molecule has 0 aliphatic carbocycles. The van der Waals surface area contributed by atoms with Crippen LogP contribution < -0.4 is 16.0 Å². The minimum atomic E-state index is -0.171. The zero-order chi connectivity index (χ0) is 13.7. The lowest BCUT2D eigenvalue weighted by molar-refractivity contribution is 0.340. The molecule has 0 bridgehead atoms. The molecule has 0 amide bonds. The molecule has 100 valence electrons. The second-order valence-corrected chi connectivity index (χ2v) is 4.08. The van der Waals surface area contributed by atoms with Gasteiger partial charge < -0.3 is 15.5 Å². The molecule has 0 radical (unpaired) electrons. The van der Waals surface area contributed by atoms with E-state index < -0.39 is 0 Å². The Balaban J connectivity index is 2.40. The van der Waals surface area contributed by atoms with E-state index in [0.717, 1.165) is 11.3 Å². The molecule has 0 unspecified atom stereocenters. The van der Waals surface area contributed by atoms with E-state index in [1.54, 1.807) is 0 Å². The Morgan fingerprint density at radius 1 is 1.37 bits per heavy atom. The molecule has 0 saturated carbocycles. The van der Waals surface area contributed by atoms with Gasteiger partial charge in [-0.3, -0.25) is 4.79 Å². The number of nitrogens with two attached hydrogens (primary N) is 1. The third-order valence-corrected chi connectivity index (χ3v) is 2.61. The molecule has 1 aromatic heterocycles. The van der Waals surface area contributed by atoms with Crippen LogP contribution in [-0.2, 0) is 6.42 Å². The predicted octanol–water partition coefficient (Wildman–Crippen LogP) is 1.34. The van der Waals surface area contributed by atoms with Gasteiger partial charge in [0.05, 0.1) is 6.61 Å². The summed E-state index contributed by atoms with van der Waals surface area (Å²) in [7, 11) is 0. The Morgan fingerprint density at radius 2 is 2.21 bits per heavy atom. The first-order chi connectivity index (χ1) is 9.22. The van der Waals surface area contributed by atoms with Crippen molar-refractivity contribution in [3.8, 4) is 17.1 Å². The molecule has 0 saturated heterocycles.